The molecule has 0 saturated carbocycles. The topological polar surface area (TPSA) is 57.8 Å². The van der Waals surface area contributed by atoms with E-state index in [1.807, 2.05) is 0 Å². The van der Waals surface area contributed by atoms with Crippen molar-refractivity contribution in [1.29, 1.82) is 0 Å². The van der Waals surface area contributed by atoms with Gasteiger partial charge in [-0.2, -0.15) is 0 Å². The molecule has 0 radical (unpaired) electrons. The molecule has 1 rings (SSSR count). The van der Waals surface area contributed by atoms with Crippen LogP contribution in [0.1, 0.15) is 5.82 Å². The molecule has 12 heavy (non-hydrogen) atoms. The van der Waals surface area contributed by atoms with E-state index in [-0.39, 0.29) is 5.56 Å². The molecule has 0 aliphatic heterocycles. The molecule has 1 heterocycles. The summed E-state index contributed by atoms with van der Waals surface area (Å²) in [6.07, 6.45) is 5.03. The highest BCUT2D eigenvalue weighted by Gasteiger charge is 1.94. The number of anilines is 1. The Hall–Kier alpha value is -1.76. The number of nitrogens with one attached hydrogen (secondary N) is 2. The average Bonchev–Trinajstić information content (AvgIpc) is 1.99. The predicted molar refractivity (Wildman–Crippen MR) is 46.9 cm³/mol. The molecule has 0 unspecified atom stereocenters. The van der Waals surface area contributed by atoms with Crippen molar-refractivity contribution < 1.29 is 0 Å². The third-order valence-corrected chi connectivity index (χ3v) is 1.23. The Morgan fingerprint density at radius 2 is 2.58 bits per heavy atom. The number of aryl methyl sites for hydroxylation is 1. The van der Waals surface area contributed by atoms with Gasteiger partial charge in [0.05, 0.1) is 6.54 Å². The standard InChI is InChI=1S/C8H9N3O/c1-3-4-9-7-5-8(12)11-6(2)10-7/h1,5H,4H2,2H3,(H2,9,10,11,12). The molecule has 4 heteroatoms. The molecule has 4 nitrogen and oxygen atoms in total. The first-order valence-electron chi connectivity index (χ1n) is 3.47. The van der Waals surface area contributed by atoms with Crippen LogP contribution >= 0.6 is 0 Å². The SMILES string of the molecule is C#CCNc1cc(=O)[nH]c(C)n1. The third-order valence-electron chi connectivity index (χ3n) is 1.23. The first kappa shape index (κ1) is 8.34. The van der Waals surface area contributed by atoms with Gasteiger partial charge in [-0.05, 0) is 6.92 Å². The highest BCUT2D eigenvalue weighted by molar-refractivity contribution is 5.34. The number of hydrogen-bond acceptors (Lipinski definition) is 3. The number of hydrogen-bond donors (Lipinski definition) is 2. The van der Waals surface area contributed by atoms with Crippen LogP contribution in [0.4, 0.5) is 5.82 Å². The third kappa shape index (κ3) is 2.13. The van der Waals surface area contributed by atoms with Gasteiger partial charge < -0.3 is 10.3 Å². The fourth-order valence-corrected chi connectivity index (χ4v) is 0.812. The van der Waals surface area contributed by atoms with Crippen LogP contribution in [0.15, 0.2) is 10.9 Å². The van der Waals surface area contributed by atoms with Crippen molar-refractivity contribution in [2.75, 3.05) is 11.9 Å². The first-order valence-corrected chi connectivity index (χ1v) is 3.47. The second kappa shape index (κ2) is 3.58. The maximum absolute atomic E-state index is 10.9. The molecular formula is C8H9N3O. The van der Waals surface area contributed by atoms with Crippen molar-refractivity contribution in [3.05, 3.63) is 22.2 Å². The van der Waals surface area contributed by atoms with E-state index in [2.05, 4.69) is 21.2 Å². The highest BCUT2D eigenvalue weighted by atomic mass is 16.1. The van der Waals surface area contributed by atoms with E-state index in [1.54, 1.807) is 6.92 Å². The minimum absolute atomic E-state index is 0.179. The summed E-state index contributed by atoms with van der Waals surface area (Å²) >= 11 is 0. The van der Waals surface area contributed by atoms with Crippen molar-refractivity contribution in [3.8, 4) is 12.3 Å². The second-order valence-electron chi connectivity index (χ2n) is 2.27. The normalized spacial score (nSPS) is 9.00. The van der Waals surface area contributed by atoms with Crippen LogP contribution < -0.4 is 10.9 Å². The zero-order valence-electron chi connectivity index (χ0n) is 6.72. The molecule has 0 fully saturated rings. The Labute approximate surface area is 70.0 Å². The van der Waals surface area contributed by atoms with Crippen molar-refractivity contribution >= 4 is 5.82 Å². The number of H-pyrrole nitrogens is 1. The molecule has 0 aliphatic rings. The molecule has 1 aromatic rings. The smallest absolute Gasteiger partial charge is 0.252 e. The minimum atomic E-state index is -0.179. The van der Waals surface area contributed by atoms with Crippen LogP contribution in [0.2, 0.25) is 0 Å². The summed E-state index contributed by atoms with van der Waals surface area (Å²) in [5.74, 6) is 3.47. The Morgan fingerprint density at radius 3 is 3.17 bits per heavy atom. The zero-order valence-corrected chi connectivity index (χ0v) is 6.72. The fraction of sp³-hybridized carbons (Fsp3) is 0.250. The summed E-state index contributed by atoms with van der Waals surface area (Å²) in [4.78, 5) is 17.4. The van der Waals surface area contributed by atoms with E-state index in [1.165, 1.54) is 6.07 Å². The van der Waals surface area contributed by atoms with Gasteiger partial charge in [0.2, 0.25) is 0 Å². The van der Waals surface area contributed by atoms with Crippen molar-refractivity contribution in [2.45, 2.75) is 6.92 Å². The van der Waals surface area contributed by atoms with Gasteiger partial charge in [-0.3, -0.25) is 4.79 Å². The van der Waals surface area contributed by atoms with Crippen LogP contribution in [-0.2, 0) is 0 Å². The van der Waals surface area contributed by atoms with E-state index in [9.17, 15) is 4.79 Å². The summed E-state index contributed by atoms with van der Waals surface area (Å²) in [7, 11) is 0. The van der Waals surface area contributed by atoms with Gasteiger partial charge in [-0.25, -0.2) is 4.98 Å². The number of nitrogens with zero attached hydrogens (tertiary/aromatic N) is 1. The van der Waals surface area contributed by atoms with Crippen molar-refractivity contribution in [3.63, 3.8) is 0 Å². The van der Waals surface area contributed by atoms with Gasteiger partial charge in [0.1, 0.15) is 11.6 Å². The highest BCUT2D eigenvalue weighted by Crippen LogP contribution is 1.95. The molecule has 0 aliphatic carbocycles. The summed E-state index contributed by atoms with van der Waals surface area (Å²) in [6.45, 7) is 2.08. The lowest BCUT2D eigenvalue weighted by Crippen LogP contribution is -2.11. The molecule has 0 bridgehead atoms. The van der Waals surface area contributed by atoms with Gasteiger partial charge in [0, 0.05) is 6.07 Å². The Kier molecular flexibility index (Phi) is 2.49. The monoisotopic (exact) mass is 163 g/mol. The van der Waals surface area contributed by atoms with E-state index >= 15 is 0 Å². The van der Waals surface area contributed by atoms with E-state index in [0.717, 1.165) is 0 Å². The molecule has 0 amide bonds. The molecule has 62 valence electrons. The largest absolute Gasteiger partial charge is 0.359 e. The summed E-state index contributed by atoms with van der Waals surface area (Å²) in [6, 6.07) is 1.37. The van der Waals surface area contributed by atoms with Gasteiger partial charge in [-0.1, -0.05) is 5.92 Å². The van der Waals surface area contributed by atoms with Crippen LogP contribution in [0.5, 0.6) is 0 Å². The first-order chi connectivity index (χ1) is 5.72. The number of aromatic nitrogens is 2. The summed E-state index contributed by atoms with van der Waals surface area (Å²) in [5, 5.41) is 2.81. The van der Waals surface area contributed by atoms with Gasteiger partial charge in [0.15, 0.2) is 0 Å². The van der Waals surface area contributed by atoms with Crippen LogP contribution in [0.3, 0.4) is 0 Å². The average molecular weight is 163 g/mol. The molecule has 0 atom stereocenters. The molecule has 2 N–H and O–H groups in total. The Morgan fingerprint density at radius 1 is 1.83 bits per heavy atom. The van der Waals surface area contributed by atoms with Gasteiger partial charge >= 0.3 is 0 Å². The van der Waals surface area contributed by atoms with Crippen LogP contribution in [-0.4, -0.2) is 16.5 Å². The second-order valence-corrected chi connectivity index (χ2v) is 2.27. The molecule has 0 saturated heterocycles. The molecule has 0 spiro atoms. The van der Waals surface area contributed by atoms with Crippen LogP contribution in [0.25, 0.3) is 0 Å². The Bertz CT molecular complexity index is 361. The summed E-state index contributed by atoms with van der Waals surface area (Å²) < 4.78 is 0. The van der Waals surface area contributed by atoms with E-state index in [4.69, 9.17) is 6.42 Å². The molecule has 1 aromatic heterocycles. The van der Waals surface area contributed by atoms with Crippen molar-refractivity contribution in [2.24, 2.45) is 0 Å². The molecule has 0 aromatic carbocycles. The van der Waals surface area contributed by atoms with Gasteiger partial charge in [-0.15, -0.1) is 6.42 Å². The van der Waals surface area contributed by atoms with Gasteiger partial charge in [0.25, 0.3) is 5.56 Å². The summed E-state index contributed by atoms with van der Waals surface area (Å²) in [5.41, 5.74) is -0.179. The van der Waals surface area contributed by atoms with E-state index < -0.39 is 0 Å². The Balaban J connectivity index is 2.87. The van der Waals surface area contributed by atoms with Crippen LogP contribution in [0, 0.1) is 19.3 Å². The van der Waals surface area contributed by atoms with Crippen molar-refractivity contribution in [1.82, 2.24) is 9.97 Å². The molecular weight excluding hydrogens is 154 g/mol. The lowest BCUT2D eigenvalue weighted by Gasteiger charge is -2.00. The quantitative estimate of drug-likeness (QED) is 0.609. The number of terminal acetylenes is 1. The predicted octanol–water partition coefficient (Wildman–Crippen LogP) is 0.123. The number of rotatable bonds is 2. The maximum atomic E-state index is 10.9. The zero-order chi connectivity index (χ0) is 8.97. The fourth-order valence-electron chi connectivity index (χ4n) is 0.812. The number of aromatic amines is 1. The van der Waals surface area contributed by atoms with E-state index in [0.29, 0.717) is 18.2 Å². The lowest BCUT2D eigenvalue weighted by atomic mass is 10.5. The maximum Gasteiger partial charge on any atom is 0.252 e. The minimum Gasteiger partial charge on any atom is -0.359 e. The lowest BCUT2D eigenvalue weighted by molar-refractivity contribution is 1.01.